The van der Waals surface area contributed by atoms with E-state index in [9.17, 15) is 0 Å². The van der Waals surface area contributed by atoms with Crippen molar-refractivity contribution in [1.82, 2.24) is 0 Å². The van der Waals surface area contributed by atoms with Crippen LogP contribution in [0.4, 0.5) is 0 Å². The van der Waals surface area contributed by atoms with Crippen molar-refractivity contribution in [3.63, 3.8) is 0 Å². The van der Waals surface area contributed by atoms with Crippen molar-refractivity contribution in [1.29, 1.82) is 0 Å². The molecule has 1 heteroatoms. The molecule has 0 spiro atoms. The van der Waals surface area contributed by atoms with Crippen molar-refractivity contribution < 1.29 is 4.74 Å². The lowest BCUT2D eigenvalue weighted by Crippen LogP contribution is -2.25. The second kappa shape index (κ2) is 7.68. The third-order valence-corrected chi connectivity index (χ3v) is 3.05. The minimum atomic E-state index is -0.444. The molecule has 0 aliphatic heterocycles. The molecular weight excluding hydrogens is 280 g/mol. The van der Waals surface area contributed by atoms with Crippen LogP contribution in [0.3, 0.4) is 0 Å². The van der Waals surface area contributed by atoms with Gasteiger partial charge >= 0.3 is 0 Å². The third-order valence-electron chi connectivity index (χ3n) is 3.05. The van der Waals surface area contributed by atoms with Gasteiger partial charge in [-0.05, 0) is 64.1 Å². The van der Waals surface area contributed by atoms with Gasteiger partial charge < -0.3 is 4.74 Å². The van der Waals surface area contributed by atoms with E-state index in [0.717, 1.165) is 16.7 Å². The zero-order valence-corrected chi connectivity index (χ0v) is 14.2. The van der Waals surface area contributed by atoms with Gasteiger partial charge in [0.05, 0.1) is 6.10 Å². The Labute approximate surface area is 139 Å². The van der Waals surface area contributed by atoms with Gasteiger partial charge in [0.2, 0.25) is 0 Å². The molecule has 0 amide bonds. The van der Waals surface area contributed by atoms with Crippen molar-refractivity contribution >= 4 is 0 Å². The normalized spacial score (nSPS) is 10.5. The topological polar surface area (TPSA) is 9.23 Å². The zero-order chi connectivity index (χ0) is 16.7. The fraction of sp³-hybridized carbons (Fsp3) is 0.273. The van der Waals surface area contributed by atoms with Gasteiger partial charge in [0.1, 0.15) is 5.60 Å². The molecule has 116 valence electrons. The lowest BCUT2D eigenvalue weighted by atomic mass is 10.1. The van der Waals surface area contributed by atoms with Crippen molar-refractivity contribution in [2.24, 2.45) is 0 Å². The van der Waals surface area contributed by atoms with Gasteiger partial charge in [0.15, 0.2) is 0 Å². The summed E-state index contributed by atoms with van der Waals surface area (Å²) >= 11 is 0. The number of benzene rings is 2. The molecule has 2 aromatic carbocycles. The van der Waals surface area contributed by atoms with E-state index in [0.29, 0.717) is 0 Å². The van der Waals surface area contributed by atoms with Crippen LogP contribution in [0.5, 0.6) is 0 Å². The molecule has 2 rings (SSSR count). The molecule has 0 bridgehead atoms. The zero-order valence-electron chi connectivity index (χ0n) is 14.2. The molecule has 0 saturated heterocycles. The summed E-state index contributed by atoms with van der Waals surface area (Å²) in [4.78, 5) is 0. The molecule has 0 aliphatic carbocycles. The molecule has 1 nitrogen and oxygen atoms in total. The van der Waals surface area contributed by atoms with E-state index >= 15 is 0 Å². The van der Waals surface area contributed by atoms with Gasteiger partial charge in [-0.1, -0.05) is 41.9 Å². The standard InChI is InChI=1S/C22H22O/c1-18(2)23-22(3,4)17-16-21-14-12-20(13-15-21)11-10-19-8-6-5-7-9-19/h5-9,12-15,18H,1-4H3. The Morgan fingerprint density at radius 3 is 1.74 bits per heavy atom. The predicted molar refractivity (Wildman–Crippen MR) is 96.0 cm³/mol. The van der Waals surface area contributed by atoms with Crippen LogP contribution < -0.4 is 0 Å². The number of ether oxygens (including phenoxy) is 1. The van der Waals surface area contributed by atoms with Gasteiger partial charge in [-0.15, -0.1) is 0 Å². The minimum absolute atomic E-state index is 0.162. The summed E-state index contributed by atoms with van der Waals surface area (Å²) < 4.78 is 5.77. The Morgan fingerprint density at radius 2 is 1.22 bits per heavy atom. The van der Waals surface area contributed by atoms with Gasteiger partial charge in [-0.2, -0.15) is 0 Å². The first-order valence-corrected chi connectivity index (χ1v) is 7.83. The minimum Gasteiger partial charge on any atom is -0.360 e. The van der Waals surface area contributed by atoms with Crippen LogP contribution in [0.1, 0.15) is 44.4 Å². The fourth-order valence-corrected chi connectivity index (χ4v) is 2.14. The van der Waals surface area contributed by atoms with Crippen LogP contribution in [0.2, 0.25) is 0 Å². The van der Waals surface area contributed by atoms with E-state index in [-0.39, 0.29) is 6.10 Å². The molecule has 0 radical (unpaired) electrons. The Bertz CT molecular complexity index is 745. The molecule has 0 unspecified atom stereocenters. The molecular formula is C22H22O. The van der Waals surface area contributed by atoms with Gasteiger partial charge in [0, 0.05) is 16.7 Å². The first kappa shape index (κ1) is 16.9. The molecule has 0 aliphatic rings. The van der Waals surface area contributed by atoms with E-state index in [1.54, 1.807) is 0 Å². The van der Waals surface area contributed by atoms with Crippen LogP contribution in [-0.4, -0.2) is 11.7 Å². The number of hydrogen-bond acceptors (Lipinski definition) is 1. The molecule has 23 heavy (non-hydrogen) atoms. The van der Waals surface area contributed by atoms with Gasteiger partial charge in [-0.25, -0.2) is 0 Å². The summed E-state index contributed by atoms with van der Waals surface area (Å²) in [6.07, 6.45) is 0.162. The van der Waals surface area contributed by atoms with E-state index in [2.05, 4.69) is 23.7 Å². The summed E-state index contributed by atoms with van der Waals surface area (Å²) in [5.41, 5.74) is 2.52. The van der Waals surface area contributed by atoms with Crippen molar-refractivity contribution in [2.45, 2.75) is 39.4 Å². The van der Waals surface area contributed by atoms with Crippen LogP contribution in [0.15, 0.2) is 54.6 Å². The Morgan fingerprint density at radius 1 is 0.739 bits per heavy atom. The summed E-state index contributed by atoms with van der Waals surface area (Å²) in [5.74, 6) is 12.7. The lowest BCUT2D eigenvalue weighted by molar-refractivity contribution is -0.0161. The first-order chi connectivity index (χ1) is 10.9. The van der Waals surface area contributed by atoms with Crippen LogP contribution in [0, 0.1) is 23.7 Å². The molecule has 0 fully saturated rings. The van der Waals surface area contributed by atoms with Crippen molar-refractivity contribution in [3.05, 3.63) is 71.3 Å². The molecule has 2 aromatic rings. The fourth-order valence-electron chi connectivity index (χ4n) is 2.14. The highest BCUT2D eigenvalue weighted by molar-refractivity contribution is 5.46. The highest BCUT2D eigenvalue weighted by Gasteiger charge is 2.15. The molecule has 0 heterocycles. The van der Waals surface area contributed by atoms with Gasteiger partial charge in [0.25, 0.3) is 0 Å². The molecule has 0 saturated carbocycles. The maximum absolute atomic E-state index is 5.77. The third kappa shape index (κ3) is 6.03. The lowest BCUT2D eigenvalue weighted by Gasteiger charge is -2.21. The largest absolute Gasteiger partial charge is 0.360 e. The van der Waals surface area contributed by atoms with Crippen molar-refractivity contribution in [2.75, 3.05) is 0 Å². The van der Waals surface area contributed by atoms with Crippen LogP contribution in [0.25, 0.3) is 0 Å². The highest BCUT2D eigenvalue weighted by Crippen LogP contribution is 2.11. The first-order valence-electron chi connectivity index (χ1n) is 7.83. The predicted octanol–water partition coefficient (Wildman–Crippen LogP) is 4.64. The van der Waals surface area contributed by atoms with E-state index < -0.39 is 5.60 Å². The summed E-state index contributed by atoms with van der Waals surface area (Å²) in [5, 5.41) is 0. The molecule has 0 N–H and O–H groups in total. The van der Waals surface area contributed by atoms with E-state index in [4.69, 9.17) is 4.74 Å². The van der Waals surface area contributed by atoms with Crippen LogP contribution >= 0.6 is 0 Å². The quantitative estimate of drug-likeness (QED) is 0.734. The summed E-state index contributed by atoms with van der Waals surface area (Å²) in [6, 6.07) is 18.0. The Balaban J connectivity index is 2.08. The smallest absolute Gasteiger partial charge is 0.123 e. The maximum Gasteiger partial charge on any atom is 0.123 e. The second-order valence-electron chi connectivity index (χ2n) is 6.12. The van der Waals surface area contributed by atoms with E-state index in [1.807, 2.05) is 82.3 Å². The Kier molecular flexibility index (Phi) is 5.64. The molecule has 0 atom stereocenters. The number of hydrogen-bond donors (Lipinski definition) is 0. The Hall–Kier alpha value is -2.48. The van der Waals surface area contributed by atoms with Gasteiger partial charge in [-0.3, -0.25) is 0 Å². The summed E-state index contributed by atoms with van der Waals surface area (Å²) in [7, 11) is 0. The number of rotatable bonds is 2. The van der Waals surface area contributed by atoms with E-state index in [1.165, 1.54) is 0 Å². The molecule has 0 aromatic heterocycles. The highest BCUT2D eigenvalue weighted by atomic mass is 16.5. The average molecular weight is 302 g/mol. The maximum atomic E-state index is 5.77. The van der Waals surface area contributed by atoms with Crippen molar-refractivity contribution in [3.8, 4) is 23.7 Å². The SMILES string of the molecule is CC(C)OC(C)(C)C#Cc1ccc(C#Cc2ccccc2)cc1. The average Bonchev–Trinajstić information content (AvgIpc) is 2.52. The van der Waals surface area contributed by atoms with Crippen LogP contribution in [-0.2, 0) is 4.74 Å². The second-order valence-corrected chi connectivity index (χ2v) is 6.12. The monoisotopic (exact) mass is 302 g/mol. The summed E-state index contributed by atoms with van der Waals surface area (Å²) in [6.45, 7) is 8.01.